The lowest BCUT2D eigenvalue weighted by Crippen LogP contribution is -2.59. The van der Waals surface area contributed by atoms with E-state index in [9.17, 15) is 19.5 Å². The zero-order valence-corrected chi connectivity index (χ0v) is 26.8. The topological polar surface area (TPSA) is 119 Å². The first-order valence-corrected chi connectivity index (χ1v) is 17.7. The van der Waals surface area contributed by atoms with E-state index >= 15 is 0 Å². The van der Waals surface area contributed by atoms with Gasteiger partial charge in [-0.2, -0.15) is 0 Å². The maximum Gasteiger partial charge on any atom is 0.338 e. The van der Waals surface area contributed by atoms with Crippen molar-refractivity contribution >= 4 is 40.4 Å². The Morgan fingerprint density at radius 3 is 2.22 bits per heavy atom. The minimum absolute atomic E-state index is 0.0840. The van der Waals surface area contributed by atoms with E-state index in [0.717, 1.165) is 35.8 Å². The van der Waals surface area contributed by atoms with Crippen LogP contribution in [-0.4, -0.2) is 86.7 Å². The Labute approximate surface area is 269 Å². The number of piperazine rings is 1. The van der Waals surface area contributed by atoms with Gasteiger partial charge >= 0.3 is 5.97 Å². The van der Waals surface area contributed by atoms with Crippen LogP contribution in [0.3, 0.4) is 0 Å². The first kappa shape index (κ1) is 31.6. The maximum absolute atomic E-state index is 14.1. The number of aromatic carboxylic acids is 1. The zero-order chi connectivity index (χ0) is 31.2. The largest absolute Gasteiger partial charge is 0.478 e. The first-order chi connectivity index (χ1) is 22.0. The molecule has 2 aromatic heterocycles. The number of amides is 2. The summed E-state index contributed by atoms with van der Waals surface area (Å²) in [7, 11) is 0. The SMILES string of the molecule is O=C(NC(CSc1ncccc1C(=O)O)C(=O)N1CCN(C(C2CCCCC2)C2CCCCC2)CC1)c1cc2ccccc2[nH]1. The number of para-hydroxylation sites is 1. The third-order valence-electron chi connectivity index (χ3n) is 10.1. The van der Waals surface area contributed by atoms with E-state index in [-0.39, 0.29) is 23.1 Å². The summed E-state index contributed by atoms with van der Waals surface area (Å²) in [6.07, 6.45) is 14.9. The molecule has 3 aromatic rings. The number of pyridine rings is 1. The number of fused-ring (bicyclic) bond motifs is 1. The quantitative estimate of drug-likeness (QED) is 0.241. The highest BCUT2D eigenvalue weighted by Crippen LogP contribution is 2.39. The van der Waals surface area contributed by atoms with Gasteiger partial charge in [-0.3, -0.25) is 14.5 Å². The van der Waals surface area contributed by atoms with Gasteiger partial charge in [0, 0.05) is 55.1 Å². The molecule has 1 saturated heterocycles. The summed E-state index contributed by atoms with van der Waals surface area (Å²) in [6, 6.07) is 12.3. The summed E-state index contributed by atoms with van der Waals surface area (Å²) in [5.41, 5.74) is 1.32. The minimum atomic E-state index is -1.07. The number of nitrogens with one attached hydrogen (secondary N) is 2. The lowest BCUT2D eigenvalue weighted by Gasteiger charge is -2.48. The van der Waals surface area contributed by atoms with Gasteiger partial charge in [0.05, 0.1) is 5.56 Å². The van der Waals surface area contributed by atoms with Crippen molar-refractivity contribution in [2.75, 3.05) is 31.9 Å². The average Bonchev–Trinajstić information content (AvgIpc) is 3.53. The van der Waals surface area contributed by atoms with Crippen LogP contribution in [0.25, 0.3) is 10.9 Å². The van der Waals surface area contributed by atoms with Crippen LogP contribution in [0.1, 0.15) is 85.1 Å². The fourth-order valence-corrected chi connectivity index (χ4v) is 8.83. The van der Waals surface area contributed by atoms with Crippen molar-refractivity contribution in [1.82, 2.24) is 25.1 Å². The molecule has 10 heteroatoms. The third-order valence-corrected chi connectivity index (χ3v) is 11.2. The van der Waals surface area contributed by atoms with Crippen LogP contribution in [0.5, 0.6) is 0 Å². The van der Waals surface area contributed by atoms with E-state index in [1.165, 1.54) is 82.0 Å². The molecule has 9 nitrogen and oxygen atoms in total. The fraction of sp³-hybridized carbons (Fsp3) is 0.543. The second-order valence-corrected chi connectivity index (χ2v) is 13.9. The number of carboxylic acids is 1. The molecule has 1 aliphatic heterocycles. The predicted molar refractivity (Wildman–Crippen MR) is 177 cm³/mol. The van der Waals surface area contributed by atoms with Crippen molar-refractivity contribution in [3.8, 4) is 0 Å². The lowest BCUT2D eigenvalue weighted by atomic mass is 9.73. The molecule has 240 valence electrons. The van der Waals surface area contributed by atoms with Crippen LogP contribution in [0.15, 0.2) is 53.7 Å². The predicted octanol–water partition coefficient (Wildman–Crippen LogP) is 5.83. The molecule has 3 aliphatic rings. The number of aromatic nitrogens is 2. The summed E-state index contributed by atoms with van der Waals surface area (Å²) >= 11 is 1.19. The van der Waals surface area contributed by atoms with Crippen molar-refractivity contribution < 1.29 is 19.5 Å². The highest BCUT2D eigenvalue weighted by Gasteiger charge is 2.38. The number of hydrogen-bond acceptors (Lipinski definition) is 6. The summed E-state index contributed by atoms with van der Waals surface area (Å²) < 4.78 is 0. The smallest absolute Gasteiger partial charge is 0.338 e. The zero-order valence-electron chi connectivity index (χ0n) is 26.0. The Kier molecular flexibility index (Phi) is 10.4. The number of aromatic amines is 1. The van der Waals surface area contributed by atoms with Crippen LogP contribution in [-0.2, 0) is 4.79 Å². The van der Waals surface area contributed by atoms with Crippen molar-refractivity contribution in [3.05, 3.63) is 59.9 Å². The van der Waals surface area contributed by atoms with Gasteiger partial charge in [-0.05, 0) is 61.8 Å². The number of carbonyl (C=O) groups is 3. The molecule has 2 aliphatic carbocycles. The normalized spacial score (nSPS) is 19.5. The van der Waals surface area contributed by atoms with Gasteiger partial charge in [0.15, 0.2) is 0 Å². The number of thioether (sulfide) groups is 1. The van der Waals surface area contributed by atoms with E-state index < -0.39 is 12.0 Å². The van der Waals surface area contributed by atoms with Gasteiger partial charge in [0.1, 0.15) is 16.8 Å². The van der Waals surface area contributed by atoms with Crippen molar-refractivity contribution in [3.63, 3.8) is 0 Å². The van der Waals surface area contributed by atoms with Gasteiger partial charge in [0.25, 0.3) is 5.91 Å². The maximum atomic E-state index is 14.1. The van der Waals surface area contributed by atoms with Crippen LogP contribution in [0.4, 0.5) is 0 Å². The Morgan fingerprint density at radius 2 is 1.58 bits per heavy atom. The monoisotopic (exact) mass is 631 g/mol. The molecular weight excluding hydrogens is 586 g/mol. The highest BCUT2D eigenvalue weighted by atomic mass is 32.2. The number of hydrogen-bond donors (Lipinski definition) is 3. The summed E-state index contributed by atoms with van der Waals surface area (Å²) in [5, 5.41) is 13.9. The molecule has 3 heterocycles. The molecule has 1 unspecified atom stereocenters. The summed E-state index contributed by atoms with van der Waals surface area (Å²) in [5.74, 6) is 0.118. The summed E-state index contributed by atoms with van der Waals surface area (Å²) in [6.45, 7) is 2.95. The third kappa shape index (κ3) is 7.55. The molecule has 1 aromatic carbocycles. The molecule has 45 heavy (non-hydrogen) atoms. The number of carbonyl (C=O) groups excluding carboxylic acids is 2. The lowest BCUT2D eigenvalue weighted by molar-refractivity contribution is -0.135. The van der Waals surface area contributed by atoms with E-state index in [1.807, 2.05) is 29.2 Å². The van der Waals surface area contributed by atoms with Crippen LogP contribution < -0.4 is 5.32 Å². The summed E-state index contributed by atoms with van der Waals surface area (Å²) in [4.78, 5) is 51.3. The standard InChI is InChI=1S/C35H45N5O4S/c41-32(29-22-26-14-7-8-16-28(26)37-29)38-30(23-45-33-27(35(43)44)15-9-17-36-33)34(42)40-20-18-39(19-21-40)31(24-10-3-1-4-11-24)25-12-5-2-6-13-25/h7-9,14-17,22,24-25,30-31,37H,1-6,10-13,18-21,23H2,(H,38,41)(H,43,44). The second-order valence-electron chi connectivity index (χ2n) is 12.9. The first-order valence-electron chi connectivity index (χ1n) is 16.7. The molecular formula is C35H45N5O4S. The number of benzene rings is 1. The molecule has 2 amide bonds. The van der Waals surface area contributed by atoms with E-state index in [4.69, 9.17) is 0 Å². The Balaban J connectivity index is 1.16. The van der Waals surface area contributed by atoms with Gasteiger partial charge < -0.3 is 20.3 Å². The number of rotatable bonds is 10. The second kappa shape index (κ2) is 14.8. The van der Waals surface area contributed by atoms with Crippen LogP contribution >= 0.6 is 11.8 Å². The number of H-pyrrole nitrogens is 1. The minimum Gasteiger partial charge on any atom is -0.478 e. The number of nitrogens with zero attached hydrogens (tertiary/aromatic N) is 3. The van der Waals surface area contributed by atoms with E-state index in [1.54, 1.807) is 18.3 Å². The Hall–Kier alpha value is -3.37. The van der Waals surface area contributed by atoms with Gasteiger partial charge in [-0.15, -0.1) is 11.8 Å². The van der Waals surface area contributed by atoms with Crippen LogP contribution in [0.2, 0.25) is 0 Å². The highest BCUT2D eigenvalue weighted by molar-refractivity contribution is 7.99. The fourth-order valence-electron chi connectivity index (χ4n) is 7.83. The molecule has 6 rings (SSSR count). The molecule has 0 spiro atoms. The van der Waals surface area contributed by atoms with E-state index in [0.29, 0.717) is 29.9 Å². The molecule has 0 bridgehead atoms. The van der Waals surface area contributed by atoms with Crippen molar-refractivity contribution in [2.24, 2.45) is 11.8 Å². The van der Waals surface area contributed by atoms with Gasteiger partial charge in [-0.25, -0.2) is 9.78 Å². The Bertz CT molecular complexity index is 1420. The number of carboxylic acid groups (broad SMARTS) is 1. The molecule has 1 atom stereocenters. The molecule has 2 saturated carbocycles. The van der Waals surface area contributed by atoms with Crippen molar-refractivity contribution in [1.29, 1.82) is 0 Å². The van der Waals surface area contributed by atoms with E-state index in [2.05, 4.69) is 20.2 Å². The average molecular weight is 632 g/mol. The van der Waals surface area contributed by atoms with Crippen molar-refractivity contribution in [2.45, 2.75) is 81.3 Å². The van der Waals surface area contributed by atoms with Gasteiger partial charge in [-0.1, -0.05) is 56.7 Å². The Morgan fingerprint density at radius 1 is 0.911 bits per heavy atom. The molecule has 3 N–H and O–H groups in total. The van der Waals surface area contributed by atoms with Crippen LogP contribution in [0, 0.1) is 11.8 Å². The molecule has 0 radical (unpaired) electrons. The molecule has 3 fully saturated rings. The van der Waals surface area contributed by atoms with Gasteiger partial charge in [0.2, 0.25) is 5.91 Å².